The van der Waals surface area contributed by atoms with Crippen molar-refractivity contribution in [2.75, 3.05) is 26.2 Å². The molecule has 0 bridgehead atoms. The summed E-state index contributed by atoms with van der Waals surface area (Å²) < 4.78 is 5.28. The highest BCUT2D eigenvalue weighted by Crippen LogP contribution is 2.25. The largest absolute Gasteiger partial charge is 0.445 e. The van der Waals surface area contributed by atoms with Gasteiger partial charge in [0.2, 0.25) is 11.8 Å². The number of amides is 3. The Hall–Kier alpha value is -2.82. The zero-order valence-corrected chi connectivity index (χ0v) is 15.8. The third-order valence-corrected chi connectivity index (χ3v) is 5.03. The molecule has 3 rings (SSSR count). The van der Waals surface area contributed by atoms with Gasteiger partial charge in [0.25, 0.3) is 5.69 Å². The molecule has 2 atom stereocenters. The molecule has 150 valence electrons. The maximum Gasteiger partial charge on any atom is 0.410 e. The molecule has 11 heteroatoms. The van der Waals surface area contributed by atoms with E-state index in [1.807, 2.05) is 0 Å². The first kappa shape index (κ1) is 19.9. The van der Waals surface area contributed by atoms with Gasteiger partial charge in [0.1, 0.15) is 12.6 Å². The third-order valence-electron chi connectivity index (χ3n) is 4.66. The zero-order valence-electron chi connectivity index (χ0n) is 14.9. The topological polar surface area (TPSA) is 122 Å². The Morgan fingerprint density at radius 3 is 2.68 bits per heavy atom. The highest BCUT2D eigenvalue weighted by molar-refractivity contribution is 7.81. The molecule has 1 N–H and O–H groups in total. The molecule has 0 aromatic heterocycles. The second-order valence-electron chi connectivity index (χ2n) is 6.65. The van der Waals surface area contributed by atoms with Crippen LogP contribution >= 0.6 is 12.6 Å². The molecule has 2 fully saturated rings. The number of nitro groups is 1. The summed E-state index contributed by atoms with van der Waals surface area (Å²) >= 11 is 4.39. The molecule has 0 radical (unpaired) electrons. The van der Waals surface area contributed by atoms with Crippen LogP contribution in [0.15, 0.2) is 24.3 Å². The van der Waals surface area contributed by atoms with Crippen molar-refractivity contribution in [3.05, 3.63) is 39.9 Å². The summed E-state index contributed by atoms with van der Waals surface area (Å²) in [7, 11) is 0. The van der Waals surface area contributed by atoms with Crippen LogP contribution in [-0.2, 0) is 20.9 Å². The number of carbonyl (C=O) groups is 3. The molecule has 1 aromatic carbocycles. The van der Waals surface area contributed by atoms with E-state index in [0.717, 1.165) is 0 Å². The van der Waals surface area contributed by atoms with E-state index in [0.29, 0.717) is 25.1 Å². The summed E-state index contributed by atoms with van der Waals surface area (Å²) in [6.07, 6.45) is -0.276. The van der Waals surface area contributed by atoms with E-state index in [2.05, 4.69) is 17.9 Å². The summed E-state index contributed by atoms with van der Waals surface area (Å²) in [5.41, 5.74) is 0.542. The average Bonchev–Trinajstić information content (AvgIpc) is 3.07. The number of ether oxygens (including phenoxy) is 1. The van der Waals surface area contributed by atoms with Crippen molar-refractivity contribution in [1.29, 1.82) is 0 Å². The molecule has 10 nitrogen and oxygen atoms in total. The van der Waals surface area contributed by atoms with Crippen molar-refractivity contribution in [1.82, 2.24) is 15.1 Å². The number of non-ortho nitro benzene ring substituents is 1. The number of carbonyl (C=O) groups excluding carboxylic acids is 3. The van der Waals surface area contributed by atoms with Crippen molar-refractivity contribution in [3.63, 3.8) is 0 Å². The minimum atomic E-state index is -0.724. The summed E-state index contributed by atoms with van der Waals surface area (Å²) in [6.45, 7) is 0.935. The van der Waals surface area contributed by atoms with Crippen LogP contribution in [0, 0.1) is 10.1 Å². The second kappa shape index (κ2) is 8.46. The summed E-state index contributed by atoms with van der Waals surface area (Å²) in [6, 6.07) is 4.95. The number of likely N-dealkylation sites (tertiary alicyclic amines) is 1. The molecule has 0 unspecified atom stereocenters. The van der Waals surface area contributed by atoms with Gasteiger partial charge < -0.3 is 15.0 Å². The van der Waals surface area contributed by atoms with Crippen molar-refractivity contribution >= 4 is 36.2 Å². The standard InChI is InChI=1S/C17H20N4O6S/c22-15-9-19(6-5-18-15)16(23)14-7-13(28)8-20(14)17(24)27-10-11-1-3-12(4-2-11)21(25)26/h1-4,13-14,28H,5-10H2,(H,18,22)/t13-,14-/m0/s1. The Balaban J connectivity index is 1.61. The van der Waals surface area contributed by atoms with E-state index in [4.69, 9.17) is 4.74 Å². The fourth-order valence-electron chi connectivity index (χ4n) is 3.23. The van der Waals surface area contributed by atoms with E-state index in [9.17, 15) is 24.5 Å². The molecule has 0 aliphatic carbocycles. The molecule has 28 heavy (non-hydrogen) atoms. The molecule has 2 heterocycles. The first-order chi connectivity index (χ1) is 13.3. The van der Waals surface area contributed by atoms with E-state index in [-0.39, 0.29) is 42.4 Å². The van der Waals surface area contributed by atoms with Crippen molar-refractivity contribution in [2.24, 2.45) is 0 Å². The molecule has 2 saturated heterocycles. The Labute approximate surface area is 166 Å². The summed E-state index contributed by atoms with van der Waals surface area (Å²) in [5, 5.41) is 13.2. The van der Waals surface area contributed by atoms with Crippen LogP contribution in [0.1, 0.15) is 12.0 Å². The number of benzene rings is 1. The van der Waals surface area contributed by atoms with Crippen molar-refractivity contribution < 1.29 is 24.0 Å². The molecular weight excluding hydrogens is 388 g/mol. The lowest BCUT2D eigenvalue weighted by Gasteiger charge is -2.31. The second-order valence-corrected chi connectivity index (χ2v) is 7.38. The van der Waals surface area contributed by atoms with Crippen molar-refractivity contribution in [3.8, 4) is 0 Å². The van der Waals surface area contributed by atoms with Gasteiger partial charge >= 0.3 is 6.09 Å². The molecule has 2 aliphatic heterocycles. The van der Waals surface area contributed by atoms with E-state index < -0.39 is 17.1 Å². The Morgan fingerprint density at radius 1 is 1.32 bits per heavy atom. The van der Waals surface area contributed by atoms with Crippen LogP contribution in [0.25, 0.3) is 0 Å². The predicted octanol–water partition coefficient (Wildman–Crippen LogP) is 0.562. The van der Waals surface area contributed by atoms with Crippen LogP contribution in [0.4, 0.5) is 10.5 Å². The van der Waals surface area contributed by atoms with E-state index in [1.165, 1.54) is 34.1 Å². The minimum Gasteiger partial charge on any atom is -0.445 e. The number of rotatable bonds is 4. The Kier molecular flexibility index (Phi) is 6.02. The number of piperazine rings is 1. The molecule has 2 aliphatic rings. The fourth-order valence-corrected chi connectivity index (χ4v) is 3.60. The smallest absolute Gasteiger partial charge is 0.410 e. The minimum absolute atomic E-state index is 0.0295. The van der Waals surface area contributed by atoms with Crippen LogP contribution < -0.4 is 5.32 Å². The van der Waals surface area contributed by atoms with Gasteiger partial charge in [-0.3, -0.25) is 24.6 Å². The van der Waals surface area contributed by atoms with Gasteiger partial charge in [0.05, 0.1) is 11.5 Å². The van der Waals surface area contributed by atoms with Gasteiger partial charge in [0, 0.05) is 37.0 Å². The maximum atomic E-state index is 12.8. The summed E-state index contributed by atoms with van der Waals surface area (Å²) in [5.74, 6) is -0.522. The van der Waals surface area contributed by atoms with Gasteiger partial charge in [-0.1, -0.05) is 0 Å². The first-order valence-corrected chi connectivity index (χ1v) is 9.27. The SMILES string of the molecule is O=C1CN(C(=O)[C@@H]2C[C@H](S)CN2C(=O)OCc2ccc([N+](=O)[O-])cc2)CCN1. The molecule has 0 saturated carbocycles. The number of hydrogen-bond acceptors (Lipinski definition) is 7. The van der Waals surface area contributed by atoms with E-state index in [1.54, 1.807) is 0 Å². The average molecular weight is 408 g/mol. The number of nitrogens with zero attached hydrogens (tertiary/aromatic N) is 3. The molecular formula is C17H20N4O6S. The number of thiol groups is 1. The predicted molar refractivity (Wildman–Crippen MR) is 101 cm³/mol. The van der Waals surface area contributed by atoms with Gasteiger partial charge in [-0.05, 0) is 24.1 Å². The normalized spacial score (nSPS) is 22.0. The van der Waals surface area contributed by atoms with Crippen LogP contribution in [0.5, 0.6) is 0 Å². The molecule has 0 spiro atoms. The monoisotopic (exact) mass is 408 g/mol. The fraction of sp³-hybridized carbons (Fsp3) is 0.471. The van der Waals surface area contributed by atoms with Crippen LogP contribution in [-0.4, -0.2) is 70.1 Å². The zero-order chi connectivity index (χ0) is 20.3. The molecule has 1 aromatic rings. The number of nitrogens with one attached hydrogen (secondary N) is 1. The summed E-state index contributed by atoms with van der Waals surface area (Å²) in [4.78, 5) is 49.8. The quantitative estimate of drug-likeness (QED) is 0.427. The lowest BCUT2D eigenvalue weighted by Crippen LogP contribution is -2.55. The van der Waals surface area contributed by atoms with Gasteiger partial charge in [-0.15, -0.1) is 0 Å². The number of nitro benzene ring substituents is 1. The maximum absolute atomic E-state index is 12.8. The lowest BCUT2D eigenvalue weighted by atomic mass is 10.1. The van der Waals surface area contributed by atoms with Gasteiger partial charge in [0.15, 0.2) is 0 Å². The van der Waals surface area contributed by atoms with Gasteiger partial charge in [-0.2, -0.15) is 12.6 Å². The van der Waals surface area contributed by atoms with Gasteiger partial charge in [-0.25, -0.2) is 4.79 Å². The first-order valence-electron chi connectivity index (χ1n) is 8.75. The Morgan fingerprint density at radius 2 is 2.04 bits per heavy atom. The molecule has 3 amide bonds. The van der Waals surface area contributed by atoms with E-state index >= 15 is 0 Å². The Bertz CT molecular complexity index is 786. The third kappa shape index (κ3) is 4.53. The lowest BCUT2D eigenvalue weighted by molar-refractivity contribution is -0.384. The van der Waals surface area contributed by atoms with Crippen molar-refractivity contribution in [2.45, 2.75) is 24.3 Å². The van der Waals surface area contributed by atoms with Crippen LogP contribution in [0.3, 0.4) is 0 Å². The number of hydrogen-bond donors (Lipinski definition) is 2. The van der Waals surface area contributed by atoms with Crippen LogP contribution in [0.2, 0.25) is 0 Å². The highest BCUT2D eigenvalue weighted by atomic mass is 32.1. The highest BCUT2D eigenvalue weighted by Gasteiger charge is 2.41.